The van der Waals surface area contributed by atoms with E-state index in [1.54, 1.807) is 6.07 Å². The molecule has 0 spiro atoms. The fraction of sp³-hybridized carbons (Fsp3) is 0.280. The van der Waals surface area contributed by atoms with Gasteiger partial charge in [-0.2, -0.15) is 9.37 Å². The van der Waals surface area contributed by atoms with E-state index in [9.17, 15) is 4.39 Å². The first kappa shape index (κ1) is 22.4. The molecule has 1 saturated heterocycles. The molecule has 5 rings (SSSR count). The van der Waals surface area contributed by atoms with E-state index in [2.05, 4.69) is 10.1 Å². The zero-order chi connectivity index (χ0) is 23.5. The van der Waals surface area contributed by atoms with E-state index in [-0.39, 0.29) is 19.0 Å². The van der Waals surface area contributed by atoms with Crippen molar-refractivity contribution in [3.63, 3.8) is 0 Å². The van der Waals surface area contributed by atoms with Crippen LogP contribution < -0.4 is 5.73 Å². The number of hydrogen-bond acceptors (Lipinski definition) is 6. The number of hydrogen-bond donors (Lipinski definition) is 1. The third-order valence-corrected chi connectivity index (χ3v) is 5.82. The maximum absolute atomic E-state index is 15.8. The highest BCUT2D eigenvalue weighted by molar-refractivity contribution is 5.70. The molecule has 3 heterocycles. The van der Waals surface area contributed by atoms with Crippen molar-refractivity contribution in [1.29, 1.82) is 0 Å². The summed E-state index contributed by atoms with van der Waals surface area (Å²) in [7, 11) is 0. The lowest BCUT2D eigenvalue weighted by Crippen LogP contribution is -2.34. The Bertz CT molecular complexity index is 1240. The van der Waals surface area contributed by atoms with Gasteiger partial charge in [0.05, 0.1) is 19.8 Å². The Balaban J connectivity index is 1.37. The highest BCUT2D eigenvalue weighted by atomic mass is 19.1. The summed E-state index contributed by atoms with van der Waals surface area (Å²) < 4.78 is 48.5. The van der Waals surface area contributed by atoms with Gasteiger partial charge in [-0.15, -0.1) is 5.10 Å². The van der Waals surface area contributed by atoms with E-state index in [4.69, 9.17) is 19.9 Å². The molecule has 0 unspecified atom stereocenters. The second kappa shape index (κ2) is 9.84. The summed E-state index contributed by atoms with van der Waals surface area (Å²) in [5, 5.41) is 3.68. The molecule has 4 aromatic rings. The number of rotatable bonds is 8. The van der Waals surface area contributed by atoms with Gasteiger partial charge < -0.3 is 19.9 Å². The van der Waals surface area contributed by atoms with E-state index >= 15 is 4.39 Å². The minimum atomic E-state index is -1.51. The molecule has 4 atom stereocenters. The molecule has 2 aromatic carbocycles. The van der Waals surface area contributed by atoms with Gasteiger partial charge in [-0.25, -0.2) is 8.91 Å². The van der Waals surface area contributed by atoms with Crippen LogP contribution in [0.25, 0.3) is 5.52 Å². The molecular formula is C25H24F2N4O3. The summed E-state index contributed by atoms with van der Waals surface area (Å²) in [5.41, 5.74) is 8.58. The van der Waals surface area contributed by atoms with Crippen molar-refractivity contribution < 1.29 is 23.0 Å². The van der Waals surface area contributed by atoms with E-state index in [1.165, 1.54) is 10.7 Å². The molecule has 7 nitrogen and oxygen atoms in total. The normalized spacial score (nSPS) is 22.4. The van der Waals surface area contributed by atoms with Crippen molar-refractivity contribution in [1.82, 2.24) is 14.6 Å². The average molecular weight is 466 g/mol. The Morgan fingerprint density at radius 1 is 0.971 bits per heavy atom. The van der Waals surface area contributed by atoms with Crippen LogP contribution in [-0.2, 0) is 27.4 Å². The first-order valence-electron chi connectivity index (χ1n) is 11.0. The Morgan fingerprint density at radius 3 is 2.35 bits per heavy atom. The van der Waals surface area contributed by atoms with Crippen molar-refractivity contribution in [2.45, 2.75) is 37.7 Å². The number of benzene rings is 2. The highest BCUT2D eigenvalue weighted by Gasteiger charge is 2.47. The van der Waals surface area contributed by atoms with Crippen LogP contribution in [0.1, 0.15) is 22.8 Å². The summed E-state index contributed by atoms with van der Waals surface area (Å²) >= 11 is 0. The lowest BCUT2D eigenvalue weighted by atomic mass is 10.0. The molecule has 0 radical (unpaired) electrons. The van der Waals surface area contributed by atoms with Crippen LogP contribution in [0.5, 0.6) is 0 Å². The van der Waals surface area contributed by atoms with Gasteiger partial charge >= 0.3 is 6.08 Å². The molecule has 0 aliphatic carbocycles. The second-order valence-corrected chi connectivity index (χ2v) is 8.13. The zero-order valence-electron chi connectivity index (χ0n) is 18.3. The van der Waals surface area contributed by atoms with Crippen LogP contribution >= 0.6 is 0 Å². The minimum Gasteiger partial charge on any atom is -0.382 e. The monoisotopic (exact) mass is 466 g/mol. The maximum atomic E-state index is 15.8. The molecule has 9 heteroatoms. The number of anilines is 1. The SMILES string of the molecule is Nc1nc(F)nn2ccc([C@@H]3O[C@H](COCc4ccccc4)[C@@H](OCc4ccccc4)[C@H]3F)c12. The fourth-order valence-electron chi connectivity index (χ4n) is 4.21. The average Bonchev–Trinajstić information content (AvgIpc) is 3.40. The van der Waals surface area contributed by atoms with Crippen LogP contribution in [0.2, 0.25) is 0 Å². The van der Waals surface area contributed by atoms with Crippen LogP contribution in [0.3, 0.4) is 0 Å². The van der Waals surface area contributed by atoms with Crippen molar-refractivity contribution in [2.75, 3.05) is 12.3 Å². The third kappa shape index (κ3) is 4.63. The summed E-state index contributed by atoms with van der Waals surface area (Å²) in [6, 6.07) is 20.8. The molecule has 34 heavy (non-hydrogen) atoms. The van der Waals surface area contributed by atoms with Crippen molar-refractivity contribution in [2.24, 2.45) is 0 Å². The number of halogens is 2. The minimum absolute atomic E-state index is 0.0890. The number of nitrogens with two attached hydrogens (primary N) is 1. The van der Waals surface area contributed by atoms with Gasteiger partial charge in [0.1, 0.15) is 23.8 Å². The van der Waals surface area contributed by atoms with E-state index in [0.29, 0.717) is 17.7 Å². The molecule has 2 aromatic heterocycles. The lowest BCUT2D eigenvalue weighted by Gasteiger charge is -2.20. The molecule has 0 saturated carbocycles. The molecule has 1 aliphatic rings. The first-order chi connectivity index (χ1) is 16.6. The zero-order valence-corrected chi connectivity index (χ0v) is 18.3. The largest absolute Gasteiger partial charge is 0.382 e. The number of fused-ring (bicyclic) bond motifs is 1. The van der Waals surface area contributed by atoms with Crippen LogP contribution in [0.15, 0.2) is 72.9 Å². The second-order valence-electron chi connectivity index (χ2n) is 8.13. The number of nitrogen functional groups attached to an aromatic ring is 1. The molecule has 1 aliphatic heterocycles. The lowest BCUT2D eigenvalue weighted by molar-refractivity contribution is -0.0736. The van der Waals surface area contributed by atoms with E-state index in [1.807, 2.05) is 60.7 Å². The van der Waals surface area contributed by atoms with Gasteiger partial charge in [0.15, 0.2) is 12.0 Å². The molecule has 0 amide bonds. The van der Waals surface area contributed by atoms with Crippen LogP contribution in [0, 0.1) is 6.08 Å². The number of ether oxygens (including phenoxy) is 3. The van der Waals surface area contributed by atoms with Gasteiger partial charge in [-0.3, -0.25) is 0 Å². The summed E-state index contributed by atoms with van der Waals surface area (Å²) in [4.78, 5) is 3.57. The molecule has 2 N–H and O–H groups in total. The third-order valence-electron chi connectivity index (χ3n) is 5.82. The van der Waals surface area contributed by atoms with Gasteiger partial charge in [-0.1, -0.05) is 60.7 Å². The Hall–Kier alpha value is -3.40. The number of aromatic nitrogens is 3. The Kier molecular flexibility index (Phi) is 6.48. The molecule has 176 valence electrons. The van der Waals surface area contributed by atoms with Gasteiger partial charge in [-0.05, 0) is 17.2 Å². The Labute approximate surface area is 195 Å². The summed E-state index contributed by atoms with van der Waals surface area (Å²) in [5.74, 6) is -0.0890. The molecular weight excluding hydrogens is 442 g/mol. The standard InChI is InChI=1S/C25H24F2N4O3/c26-20-22(18-11-12-31-21(18)24(28)29-25(27)30-31)34-19(15-32-13-16-7-3-1-4-8-16)23(20)33-14-17-9-5-2-6-10-17/h1-12,19-20,22-23H,13-15H2,(H2,28,29,30)/t19-,20+,22+,23-/m1/s1. The van der Waals surface area contributed by atoms with E-state index < -0.39 is 30.6 Å². The smallest absolute Gasteiger partial charge is 0.327 e. The first-order valence-corrected chi connectivity index (χ1v) is 11.0. The predicted octanol–water partition coefficient (Wildman–Crippen LogP) is 4.03. The van der Waals surface area contributed by atoms with Crippen LogP contribution in [-0.4, -0.2) is 39.6 Å². The van der Waals surface area contributed by atoms with Gasteiger partial charge in [0, 0.05) is 11.8 Å². The van der Waals surface area contributed by atoms with Crippen LogP contribution in [0.4, 0.5) is 14.6 Å². The fourth-order valence-corrected chi connectivity index (χ4v) is 4.21. The van der Waals surface area contributed by atoms with Crippen molar-refractivity contribution in [3.05, 3.63) is 95.7 Å². The molecule has 1 fully saturated rings. The maximum Gasteiger partial charge on any atom is 0.327 e. The number of nitrogens with zero attached hydrogens (tertiary/aromatic N) is 3. The number of alkyl halides is 1. The van der Waals surface area contributed by atoms with E-state index in [0.717, 1.165) is 11.1 Å². The Morgan fingerprint density at radius 2 is 1.65 bits per heavy atom. The predicted molar refractivity (Wildman–Crippen MR) is 121 cm³/mol. The van der Waals surface area contributed by atoms with Crippen molar-refractivity contribution in [3.8, 4) is 0 Å². The summed E-state index contributed by atoms with van der Waals surface area (Å²) in [6.07, 6.45) is -3.51. The topological polar surface area (TPSA) is 83.9 Å². The quantitative estimate of drug-likeness (QED) is 0.422. The van der Waals surface area contributed by atoms with Gasteiger partial charge in [0.2, 0.25) is 0 Å². The van der Waals surface area contributed by atoms with Crippen molar-refractivity contribution >= 4 is 11.3 Å². The summed E-state index contributed by atoms with van der Waals surface area (Å²) in [6.45, 7) is 0.727. The highest BCUT2D eigenvalue weighted by Crippen LogP contribution is 2.40. The molecule has 0 bridgehead atoms. The van der Waals surface area contributed by atoms with Gasteiger partial charge in [0.25, 0.3) is 0 Å².